The number of hydrogen-bond donors (Lipinski definition) is 2. The van der Waals surface area contributed by atoms with E-state index in [0.717, 1.165) is 12.8 Å². The molecule has 1 saturated carbocycles. The number of nitrogens with one attached hydrogen (secondary N) is 2. The smallest absolute Gasteiger partial charge is 0.322 e. The number of carbonyl (C=O) groups excluding carboxylic acids is 2. The number of anilines is 1. The van der Waals surface area contributed by atoms with E-state index in [1.165, 1.54) is 25.7 Å². The zero-order chi connectivity index (χ0) is 17.7. The van der Waals surface area contributed by atoms with Crippen molar-refractivity contribution in [3.8, 4) is 0 Å². The van der Waals surface area contributed by atoms with Crippen molar-refractivity contribution < 1.29 is 14.3 Å². The standard InChI is InChI=1S/C19H27N3O3/c1-20-17(23)15-7-6-8-16(13-15)21-18(24)22-11-12-25-19(14-22)9-4-2-3-5-10-19/h6-8,13H,2-5,9-12,14H2,1H3,(H,20,23)(H,21,24). The minimum atomic E-state index is -0.171. The maximum Gasteiger partial charge on any atom is 0.322 e. The summed E-state index contributed by atoms with van der Waals surface area (Å²) in [5, 5.41) is 5.51. The first-order chi connectivity index (χ1) is 12.1. The van der Waals surface area contributed by atoms with Crippen molar-refractivity contribution in [3.63, 3.8) is 0 Å². The fraction of sp³-hybridized carbons (Fsp3) is 0.579. The second-order valence-electron chi connectivity index (χ2n) is 6.96. The summed E-state index contributed by atoms with van der Waals surface area (Å²) in [4.78, 5) is 26.3. The third kappa shape index (κ3) is 4.31. The Labute approximate surface area is 148 Å². The number of urea groups is 1. The summed E-state index contributed by atoms with van der Waals surface area (Å²) in [7, 11) is 1.59. The first-order valence-electron chi connectivity index (χ1n) is 9.14. The predicted molar refractivity (Wildman–Crippen MR) is 96.8 cm³/mol. The van der Waals surface area contributed by atoms with Crippen LogP contribution in [0.25, 0.3) is 0 Å². The molecule has 1 saturated heterocycles. The number of carbonyl (C=O) groups is 2. The molecule has 0 radical (unpaired) electrons. The lowest BCUT2D eigenvalue weighted by Crippen LogP contribution is -2.54. The van der Waals surface area contributed by atoms with Crippen LogP contribution in [0.5, 0.6) is 0 Å². The summed E-state index contributed by atoms with van der Waals surface area (Å²) in [5.41, 5.74) is 0.991. The molecule has 1 spiro atoms. The molecular formula is C19H27N3O3. The van der Waals surface area contributed by atoms with E-state index in [4.69, 9.17) is 4.74 Å². The first-order valence-corrected chi connectivity index (χ1v) is 9.14. The number of morpholine rings is 1. The molecule has 2 N–H and O–H groups in total. The average Bonchev–Trinajstić information content (AvgIpc) is 2.86. The van der Waals surface area contributed by atoms with Gasteiger partial charge in [0, 0.05) is 24.8 Å². The van der Waals surface area contributed by atoms with Crippen LogP contribution in [0, 0.1) is 0 Å². The van der Waals surface area contributed by atoms with Gasteiger partial charge in [-0.3, -0.25) is 4.79 Å². The molecule has 6 nitrogen and oxygen atoms in total. The van der Waals surface area contributed by atoms with Crippen molar-refractivity contribution in [2.75, 3.05) is 32.1 Å². The van der Waals surface area contributed by atoms with E-state index in [9.17, 15) is 9.59 Å². The SMILES string of the molecule is CNC(=O)c1cccc(NC(=O)N2CCOC3(CCCCCC3)C2)c1. The van der Waals surface area contributed by atoms with Crippen LogP contribution in [0.15, 0.2) is 24.3 Å². The second-order valence-corrected chi connectivity index (χ2v) is 6.96. The van der Waals surface area contributed by atoms with Crippen LogP contribution in [-0.2, 0) is 4.74 Å². The molecule has 0 bridgehead atoms. The minimum absolute atomic E-state index is 0.124. The third-order valence-corrected chi connectivity index (χ3v) is 5.15. The van der Waals surface area contributed by atoms with E-state index < -0.39 is 0 Å². The van der Waals surface area contributed by atoms with Gasteiger partial charge >= 0.3 is 6.03 Å². The van der Waals surface area contributed by atoms with Crippen LogP contribution in [0.1, 0.15) is 48.9 Å². The molecule has 25 heavy (non-hydrogen) atoms. The van der Waals surface area contributed by atoms with Crippen molar-refractivity contribution in [2.45, 2.75) is 44.1 Å². The highest BCUT2D eigenvalue weighted by atomic mass is 16.5. The Balaban J connectivity index is 1.65. The van der Waals surface area contributed by atoms with Gasteiger partial charge in [-0.1, -0.05) is 31.7 Å². The summed E-state index contributed by atoms with van der Waals surface area (Å²) < 4.78 is 6.11. The van der Waals surface area contributed by atoms with Crippen molar-refractivity contribution in [2.24, 2.45) is 0 Å². The van der Waals surface area contributed by atoms with Crippen LogP contribution in [0.2, 0.25) is 0 Å². The van der Waals surface area contributed by atoms with Crippen LogP contribution in [0.3, 0.4) is 0 Å². The molecule has 0 unspecified atom stereocenters. The second kappa shape index (κ2) is 7.87. The molecule has 2 fully saturated rings. The van der Waals surface area contributed by atoms with Crippen molar-refractivity contribution in [1.82, 2.24) is 10.2 Å². The van der Waals surface area contributed by atoms with Crippen molar-refractivity contribution in [1.29, 1.82) is 0 Å². The number of rotatable bonds is 2. The number of nitrogens with zero attached hydrogens (tertiary/aromatic N) is 1. The lowest BCUT2D eigenvalue weighted by molar-refractivity contribution is -0.104. The van der Waals surface area contributed by atoms with Crippen LogP contribution in [0.4, 0.5) is 10.5 Å². The minimum Gasteiger partial charge on any atom is -0.371 e. The normalized spacial score (nSPS) is 20.0. The fourth-order valence-corrected chi connectivity index (χ4v) is 3.78. The Hall–Kier alpha value is -2.08. The molecule has 0 aromatic heterocycles. The van der Waals surface area contributed by atoms with Gasteiger partial charge in [-0.05, 0) is 31.0 Å². The molecule has 3 amide bonds. The largest absolute Gasteiger partial charge is 0.371 e. The van der Waals surface area contributed by atoms with Crippen LogP contribution >= 0.6 is 0 Å². The highest BCUT2D eigenvalue weighted by Crippen LogP contribution is 2.33. The number of amides is 3. The van der Waals surface area contributed by atoms with Crippen LogP contribution in [-0.4, -0.2) is 49.2 Å². The maximum absolute atomic E-state index is 12.7. The lowest BCUT2D eigenvalue weighted by Gasteiger charge is -2.42. The van der Waals surface area contributed by atoms with E-state index in [-0.39, 0.29) is 17.5 Å². The predicted octanol–water partition coefficient (Wildman–Crippen LogP) is 3.00. The monoisotopic (exact) mass is 345 g/mol. The highest BCUT2D eigenvalue weighted by Gasteiger charge is 2.38. The van der Waals surface area contributed by atoms with E-state index in [2.05, 4.69) is 10.6 Å². The van der Waals surface area contributed by atoms with Crippen LogP contribution < -0.4 is 10.6 Å². The molecule has 1 aromatic carbocycles. The molecule has 2 aliphatic rings. The summed E-state index contributed by atoms with van der Waals surface area (Å²) >= 11 is 0. The molecule has 1 aromatic rings. The van der Waals surface area contributed by atoms with Gasteiger partial charge in [0.1, 0.15) is 0 Å². The first kappa shape index (κ1) is 17.7. The van der Waals surface area contributed by atoms with Gasteiger partial charge in [-0.2, -0.15) is 0 Å². The van der Waals surface area contributed by atoms with E-state index in [1.807, 2.05) is 4.90 Å². The van der Waals surface area contributed by atoms with Crippen molar-refractivity contribution >= 4 is 17.6 Å². The molecule has 0 atom stereocenters. The highest BCUT2D eigenvalue weighted by molar-refractivity contribution is 5.96. The van der Waals surface area contributed by atoms with Gasteiger partial charge in [0.05, 0.1) is 18.8 Å². The molecular weight excluding hydrogens is 318 g/mol. The van der Waals surface area contributed by atoms with E-state index >= 15 is 0 Å². The molecule has 1 aliphatic carbocycles. The Morgan fingerprint density at radius 1 is 1.16 bits per heavy atom. The number of benzene rings is 1. The average molecular weight is 345 g/mol. The van der Waals surface area contributed by atoms with E-state index in [1.54, 1.807) is 31.3 Å². The van der Waals surface area contributed by atoms with Gasteiger partial charge in [0.25, 0.3) is 5.91 Å². The zero-order valence-corrected chi connectivity index (χ0v) is 14.8. The molecule has 136 valence electrons. The topological polar surface area (TPSA) is 70.7 Å². The fourth-order valence-electron chi connectivity index (χ4n) is 3.78. The molecule has 1 heterocycles. The molecule has 6 heteroatoms. The van der Waals surface area contributed by atoms with Gasteiger partial charge in [-0.25, -0.2) is 4.79 Å². The van der Waals surface area contributed by atoms with Gasteiger partial charge in [0.2, 0.25) is 0 Å². The number of ether oxygens (including phenoxy) is 1. The maximum atomic E-state index is 12.7. The summed E-state index contributed by atoms with van der Waals surface area (Å²) in [6.07, 6.45) is 6.91. The summed E-state index contributed by atoms with van der Waals surface area (Å²) in [5.74, 6) is -0.167. The summed E-state index contributed by atoms with van der Waals surface area (Å²) in [6.45, 7) is 1.84. The summed E-state index contributed by atoms with van der Waals surface area (Å²) in [6, 6.07) is 6.86. The van der Waals surface area contributed by atoms with Gasteiger partial charge < -0.3 is 20.3 Å². The third-order valence-electron chi connectivity index (χ3n) is 5.15. The quantitative estimate of drug-likeness (QED) is 0.865. The zero-order valence-electron chi connectivity index (χ0n) is 14.8. The number of hydrogen-bond acceptors (Lipinski definition) is 3. The molecule has 3 rings (SSSR count). The van der Waals surface area contributed by atoms with Crippen molar-refractivity contribution in [3.05, 3.63) is 29.8 Å². The Morgan fingerprint density at radius 3 is 2.64 bits per heavy atom. The lowest BCUT2D eigenvalue weighted by atomic mass is 9.92. The van der Waals surface area contributed by atoms with Gasteiger partial charge in [0.15, 0.2) is 0 Å². The molecule has 1 aliphatic heterocycles. The Bertz CT molecular complexity index is 624. The Morgan fingerprint density at radius 2 is 1.92 bits per heavy atom. The van der Waals surface area contributed by atoms with Gasteiger partial charge in [-0.15, -0.1) is 0 Å². The van der Waals surface area contributed by atoms with E-state index in [0.29, 0.717) is 30.9 Å². The Kier molecular flexibility index (Phi) is 5.58.